The number of carbonyl (C=O) groups excluding carboxylic acids is 1. The second-order valence-corrected chi connectivity index (χ2v) is 11.9. The number of hydrogen-bond donors (Lipinski definition) is 0. The van der Waals surface area contributed by atoms with Crippen molar-refractivity contribution < 1.29 is 14.3 Å². The van der Waals surface area contributed by atoms with E-state index in [-0.39, 0.29) is 12.1 Å². The highest BCUT2D eigenvalue weighted by molar-refractivity contribution is 6.30. The molecule has 0 aliphatic carbocycles. The van der Waals surface area contributed by atoms with Crippen LogP contribution in [0.5, 0.6) is 11.5 Å². The fourth-order valence-corrected chi connectivity index (χ4v) is 6.50. The molecule has 2 unspecified atom stereocenters. The number of hydrazine groups is 1. The standard InChI is InChI=1S/C33H37Cl2N5O3/c1-3-43-29-22-27(42-2)14-15-28(29)32-36-30(23-6-10-25(34)11-7-23)31(24-8-12-26(35)13-9-24)40(32)33(41)37-18-20-39(21-19-37)38-16-4-5-17-38/h6-15,22,30-31H,3-5,16-21H2,1-2H3. The second-order valence-electron chi connectivity index (χ2n) is 11.0. The van der Waals surface area contributed by atoms with Crippen LogP contribution < -0.4 is 9.47 Å². The third-order valence-corrected chi connectivity index (χ3v) is 8.94. The predicted octanol–water partition coefficient (Wildman–Crippen LogP) is 6.69. The molecule has 3 heterocycles. The first-order valence-electron chi connectivity index (χ1n) is 14.9. The molecule has 2 fully saturated rings. The molecule has 0 saturated carbocycles. The van der Waals surface area contributed by atoms with E-state index in [0.717, 1.165) is 42.9 Å². The second kappa shape index (κ2) is 13.1. The van der Waals surface area contributed by atoms with Gasteiger partial charge in [-0.3, -0.25) is 9.89 Å². The lowest BCUT2D eigenvalue weighted by molar-refractivity contribution is -0.0341. The number of rotatable bonds is 7. The number of nitrogens with zero attached hydrogens (tertiary/aromatic N) is 5. The number of hydrogen-bond acceptors (Lipinski definition) is 6. The largest absolute Gasteiger partial charge is 0.497 e. The average Bonchev–Trinajstić information content (AvgIpc) is 3.71. The van der Waals surface area contributed by atoms with Crippen LogP contribution in [0.2, 0.25) is 10.0 Å². The molecule has 0 N–H and O–H groups in total. The van der Waals surface area contributed by atoms with Crippen LogP contribution in [0.15, 0.2) is 71.7 Å². The minimum absolute atomic E-state index is 0.0745. The molecule has 2 amide bonds. The molecule has 10 heteroatoms. The maximum absolute atomic E-state index is 14.7. The molecular weight excluding hydrogens is 585 g/mol. The summed E-state index contributed by atoms with van der Waals surface area (Å²) in [4.78, 5) is 23.8. The lowest BCUT2D eigenvalue weighted by atomic mass is 9.93. The molecule has 8 nitrogen and oxygen atoms in total. The zero-order valence-corrected chi connectivity index (χ0v) is 26.1. The van der Waals surface area contributed by atoms with Crippen molar-refractivity contribution in [1.82, 2.24) is 19.8 Å². The first-order valence-corrected chi connectivity index (χ1v) is 15.7. The summed E-state index contributed by atoms with van der Waals surface area (Å²) in [5.74, 6) is 1.85. The van der Waals surface area contributed by atoms with Crippen LogP contribution >= 0.6 is 23.2 Å². The third-order valence-electron chi connectivity index (χ3n) is 8.43. The van der Waals surface area contributed by atoms with E-state index >= 15 is 0 Å². The van der Waals surface area contributed by atoms with Gasteiger partial charge in [-0.25, -0.2) is 14.8 Å². The van der Waals surface area contributed by atoms with E-state index in [1.165, 1.54) is 12.8 Å². The lowest BCUT2D eigenvalue weighted by Gasteiger charge is -2.41. The number of halogens is 2. The van der Waals surface area contributed by atoms with Gasteiger partial charge >= 0.3 is 6.03 Å². The molecule has 6 rings (SSSR count). The number of ether oxygens (including phenoxy) is 2. The predicted molar refractivity (Wildman–Crippen MR) is 170 cm³/mol. The van der Waals surface area contributed by atoms with Crippen LogP contribution in [0.25, 0.3) is 0 Å². The molecular formula is C33H37Cl2N5O3. The summed E-state index contributed by atoms with van der Waals surface area (Å²) in [6, 6.07) is 20.2. The molecule has 3 aromatic carbocycles. The Kier molecular flexibility index (Phi) is 9.09. The van der Waals surface area contributed by atoms with Crippen molar-refractivity contribution in [3.63, 3.8) is 0 Å². The highest BCUT2D eigenvalue weighted by Gasteiger charge is 2.45. The molecule has 226 valence electrons. The van der Waals surface area contributed by atoms with E-state index in [2.05, 4.69) is 10.0 Å². The van der Waals surface area contributed by atoms with E-state index in [0.29, 0.717) is 47.1 Å². The number of amides is 2. The summed E-state index contributed by atoms with van der Waals surface area (Å²) < 4.78 is 11.6. The molecule has 0 spiro atoms. The Bertz CT molecular complexity index is 1450. The number of urea groups is 1. The first-order chi connectivity index (χ1) is 21.0. The number of piperazine rings is 1. The maximum atomic E-state index is 14.7. The van der Waals surface area contributed by atoms with Crippen LogP contribution in [0.4, 0.5) is 4.79 Å². The van der Waals surface area contributed by atoms with E-state index in [9.17, 15) is 4.79 Å². The number of benzene rings is 3. The highest BCUT2D eigenvalue weighted by atomic mass is 35.5. The van der Waals surface area contributed by atoms with E-state index in [4.69, 9.17) is 37.7 Å². The van der Waals surface area contributed by atoms with Gasteiger partial charge in [-0.05, 0) is 67.3 Å². The molecule has 0 radical (unpaired) electrons. The molecule has 0 aromatic heterocycles. The van der Waals surface area contributed by atoms with Crippen LogP contribution in [-0.2, 0) is 0 Å². The van der Waals surface area contributed by atoms with Gasteiger partial charge in [0.2, 0.25) is 0 Å². The van der Waals surface area contributed by atoms with Gasteiger partial charge in [-0.15, -0.1) is 0 Å². The highest BCUT2D eigenvalue weighted by Crippen LogP contribution is 2.46. The first kappa shape index (κ1) is 29.8. The van der Waals surface area contributed by atoms with Crippen molar-refractivity contribution in [3.05, 3.63) is 93.5 Å². The van der Waals surface area contributed by atoms with Crippen LogP contribution in [0.1, 0.15) is 48.5 Å². The SMILES string of the molecule is CCOc1cc(OC)ccc1C1=NC(c2ccc(Cl)cc2)C(c2ccc(Cl)cc2)N1C(=O)N1CCN(N2CCCC2)CC1. The van der Waals surface area contributed by atoms with E-state index in [1.807, 2.05) is 83.5 Å². The zero-order valence-electron chi connectivity index (χ0n) is 24.6. The maximum Gasteiger partial charge on any atom is 0.326 e. The lowest BCUT2D eigenvalue weighted by Crippen LogP contribution is -2.57. The van der Waals surface area contributed by atoms with Gasteiger partial charge in [0.15, 0.2) is 0 Å². The third kappa shape index (κ3) is 6.20. The Balaban J connectivity index is 1.43. The van der Waals surface area contributed by atoms with Crippen molar-refractivity contribution in [2.75, 3.05) is 53.0 Å². The summed E-state index contributed by atoms with van der Waals surface area (Å²) in [6.07, 6.45) is 2.46. The minimum Gasteiger partial charge on any atom is -0.497 e. The van der Waals surface area contributed by atoms with Gasteiger partial charge in [-0.1, -0.05) is 47.5 Å². The zero-order chi connectivity index (χ0) is 29.9. The average molecular weight is 623 g/mol. The van der Waals surface area contributed by atoms with Crippen molar-refractivity contribution in [2.45, 2.75) is 31.8 Å². The van der Waals surface area contributed by atoms with Gasteiger partial charge in [-0.2, -0.15) is 0 Å². The van der Waals surface area contributed by atoms with E-state index in [1.54, 1.807) is 7.11 Å². The van der Waals surface area contributed by atoms with Crippen LogP contribution in [0.3, 0.4) is 0 Å². The molecule has 2 saturated heterocycles. The Morgan fingerprint density at radius 1 is 0.837 bits per heavy atom. The molecule has 3 aliphatic rings. The van der Waals surface area contributed by atoms with Crippen molar-refractivity contribution in [1.29, 1.82) is 0 Å². The van der Waals surface area contributed by atoms with Gasteiger partial charge in [0.05, 0.1) is 25.3 Å². The Morgan fingerprint density at radius 3 is 2.05 bits per heavy atom. The Labute approximate surface area is 263 Å². The summed E-state index contributed by atoms with van der Waals surface area (Å²) in [6.45, 7) is 7.48. The summed E-state index contributed by atoms with van der Waals surface area (Å²) in [5, 5.41) is 6.12. The molecule has 2 atom stereocenters. The van der Waals surface area contributed by atoms with Crippen molar-refractivity contribution >= 4 is 35.1 Å². The number of aliphatic imine (C=N–C) groups is 1. The van der Waals surface area contributed by atoms with Gasteiger partial charge < -0.3 is 14.4 Å². The number of amidine groups is 1. The summed E-state index contributed by atoms with van der Waals surface area (Å²) in [7, 11) is 1.63. The quantitative estimate of drug-likeness (QED) is 0.294. The van der Waals surface area contributed by atoms with Gasteiger partial charge in [0, 0.05) is 55.4 Å². The molecule has 3 aromatic rings. The van der Waals surface area contributed by atoms with Crippen molar-refractivity contribution in [3.8, 4) is 11.5 Å². The van der Waals surface area contributed by atoms with Gasteiger partial charge in [0.25, 0.3) is 0 Å². The van der Waals surface area contributed by atoms with Crippen LogP contribution in [0, 0.1) is 0 Å². The molecule has 0 bridgehead atoms. The monoisotopic (exact) mass is 621 g/mol. The summed E-state index contributed by atoms with van der Waals surface area (Å²) >= 11 is 12.6. The number of carbonyl (C=O) groups is 1. The minimum atomic E-state index is -0.408. The van der Waals surface area contributed by atoms with Crippen LogP contribution in [-0.4, -0.2) is 84.7 Å². The summed E-state index contributed by atoms with van der Waals surface area (Å²) in [5.41, 5.74) is 2.64. The number of methoxy groups -OCH3 is 1. The Hall–Kier alpha value is -3.30. The Morgan fingerprint density at radius 2 is 1.44 bits per heavy atom. The topological polar surface area (TPSA) is 60.9 Å². The van der Waals surface area contributed by atoms with Gasteiger partial charge in [0.1, 0.15) is 23.4 Å². The van der Waals surface area contributed by atoms with E-state index < -0.39 is 6.04 Å². The van der Waals surface area contributed by atoms with Crippen molar-refractivity contribution in [2.24, 2.45) is 4.99 Å². The molecule has 43 heavy (non-hydrogen) atoms. The molecule has 3 aliphatic heterocycles. The fraction of sp³-hybridized carbons (Fsp3) is 0.394. The smallest absolute Gasteiger partial charge is 0.326 e. The normalized spacial score (nSPS) is 21.3. The fourth-order valence-electron chi connectivity index (χ4n) is 6.25.